The fourth-order valence-electron chi connectivity index (χ4n) is 7.20. The maximum absolute atomic E-state index is 13.8. The normalized spacial score (nSPS) is 26.4. The smallest absolute Gasteiger partial charge is 0.254 e. The molecule has 0 radical (unpaired) electrons. The molecule has 2 N–H and O–H groups in total. The molecule has 4 atom stereocenters. The lowest BCUT2D eigenvalue weighted by Crippen LogP contribution is -2.41. The number of aromatic nitrogens is 4. The van der Waals surface area contributed by atoms with Gasteiger partial charge in [-0.2, -0.15) is 0 Å². The molecule has 39 heavy (non-hydrogen) atoms. The molecule has 2 saturated heterocycles. The predicted octanol–water partition coefficient (Wildman–Crippen LogP) is 3.99. The lowest BCUT2D eigenvalue weighted by molar-refractivity contribution is 0.0700. The van der Waals surface area contributed by atoms with Crippen molar-refractivity contribution in [3.8, 4) is 17.3 Å². The molecule has 2 saturated carbocycles. The second-order valence-corrected chi connectivity index (χ2v) is 11.8. The number of imidazole rings is 1. The molecule has 2 aliphatic carbocycles. The summed E-state index contributed by atoms with van der Waals surface area (Å²) in [6.45, 7) is 3.00. The molecule has 3 aromatic heterocycles. The summed E-state index contributed by atoms with van der Waals surface area (Å²) in [5, 5.41) is 1.11. The molecule has 4 fully saturated rings. The maximum atomic E-state index is 13.8. The molecule has 1 unspecified atom stereocenters. The maximum Gasteiger partial charge on any atom is 0.254 e. The standard InChI is InChI=1S/C30H34N6O3/c1-38-25-13-20(30(37)35-15-19-6-7-23(35)26(19)31)11-22-27(25)36(21-8-10-39-16-21)29(33-22)24-12-18-3-2-9-32-28(18)34(24)14-17-4-5-17/h2-3,9,11-13,17,19,21,23,26H,4-8,10,14-16,31H2,1H3/t19-,21-,23-,26?/m1/s1. The van der Waals surface area contributed by atoms with Gasteiger partial charge in [-0.05, 0) is 74.3 Å². The van der Waals surface area contributed by atoms with Crippen LogP contribution in [0.3, 0.4) is 0 Å². The highest BCUT2D eigenvalue weighted by molar-refractivity contribution is 6.00. The van der Waals surface area contributed by atoms with E-state index in [0.717, 1.165) is 65.9 Å². The third-order valence-electron chi connectivity index (χ3n) is 9.42. The first-order chi connectivity index (χ1) is 19.1. The number of carbonyl (C=O) groups is 1. The molecule has 2 bridgehead atoms. The Hall–Kier alpha value is -3.43. The Balaban J connectivity index is 1.31. The van der Waals surface area contributed by atoms with E-state index in [9.17, 15) is 4.79 Å². The number of pyridine rings is 1. The van der Waals surface area contributed by atoms with Gasteiger partial charge < -0.3 is 29.2 Å². The number of piperidine rings is 1. The molecule has 5 heterocycles. The Bertz CT molecular complexity index is 1600. The van der Waals surface area contributed by atoms with Crippen LogP contribution in [0.1, 0.15) is 48.5 Å². The Morgan fingerprint density at radius 3 is 2.79 bits per heavy atom. The number of fused-ring (bicyclic) bond motifs is 4. The van der Waals surface area contributed by atoms with Gasteiger partial charge in [0, 0.05) is 48.9 Å². The van der Waals surface area contributed by atoms with Crippen molar-refractivity contribution in [2.24, 2.45) is 17.6 Å². The SMILES string of the molecule is COc1cc(C(=O)N2C[C@H]3CC[C@@H]2C3N)cc2nc(-c3cc4cccnc4n3CC3CC3)n([C@@H]3CCOC3)c12. The molecule has 9 heteroatoms. The number of methoxy groups -OCH3 is 1. The molecule has 0 spiro atoms. The van der Waals surface area contributed by atoms with E-state index in [1.165, 1.54) is 12.8 Å². The van der Waals surface area contributed by atoms with Gasteiger partial charge in [0.05, 0.1) is 31.0 Å². The predicted molar refractivity (Wildman–Crippen MR) is 148 cm³/mol. The van der Waals surface area contributed by atoms with Crippen molar-refractivity contribution < 1.29 is 14.3 Å². The van der Waals surface area contributed by atoms with Gasteiger partial charge in [-0.25, -0.2) is 9.97 Å². The van der Waals surface area contributed by atoms with Gasteiger partial charge in [0.1, 0.15) is 16.9 Å². The quantitative estimate of drug-likeness (QED) is 0.408. The molecule has 4 aromatic rings. The number of nitrogens with two attached hydrogens (primary N) is 1. The van der Waals surface area contributed by atoms with Crippen LogP contribution in [0, 0.1) is 11.8 Å². The van der Waals surface area contributed by atoms with Crippen molar-refractivity contribution >= 4 is 28.0 Å². The van der Waals surface area contributed by atoms with E-state index in [4.69, 9.17) is 25.2 Å². The van der Waals surface area contributed by atoms with E-state index < -0.39 is 0 Å². The molecule has 1 amide bonds. The van der Waals surface area contributed by atoms with Crippen LogP contribution in [0.15, 0.2) is 36.5 Å². The van der Waals surface area contributed by atoms with Crippen LogP contribution in [0.5, 0.6) is 5.75 Å². The Kier molecular flexibility index (Phi) is 5.29. The van der Waals surface area contributed by atoms with Crippen molar-refractivity contribution in [1.82, 2.24) is 24.0 Å². The van der Waals surface area contributed by atoms with Crippen molar-refractivity contribution in [2.45, 2.75) is 56.8 Å². The van der Waals surface area contributed by atoms with Gasteiger partial charge >= 0.3 is 0 Å². The fourth-order valence-corrected chi connectivity index (χ4v) is 7.20. The minimum Gasteiger partial charge on any atom is -0.494 e. The number of likely N-dealkylation sites (tertiary alicyclic amines) is 1. The van der Waals surface area contributed by atoms with E-state index in [1.807, 2.05) is 29.3 Å². The van der Waals surface area contributed by atoms with E-state index in [2.05, 4.69) is 21.3 Å². The van der Waals surface area contributed by atoms with Gasteiger partial charge in [0.2, 0.25) is 0 Å². The van der Waals surface area contributed by atoms with E-state index >= 15 is 0 Å². The van der Waals surface area contributed by atoms with Gasteiger partial charge in [0.15, 0.2) is 5.82 Å². The van der Waals surface area contributed by atoms with Gasteiger partial charge in [0.25, 0.3) is 5.91 Å². The first kappa shape index (κ1) is 23.5. The monoisotopic (exact) mass is 526 g/mol. The molecular formula is C30H34N6O3. The molecule has 1 aromatic carbocycles. The van der Waals surface area contributed by atoms with Gasteiger partial charge in [-0.3, -0.25) is 4.79 Å². The number of carbonyl (C=O) groups excluding carboxylic acids is 1. The van der Waals surface area contributed by atoms with Crippen molar-refractivity contribution in [3.05, 3.63) is 42.1 Å². The number of hydrogen-bond donors (Lipinski definition) is 1. The summed E-state index contributed by atoms with van der Waals surface area (Å²) >= 11 is 0. The Morgan fingerprint density at radius 2 is 2.08 bits per heavy atom. The number of benzene rings is 1. The van der Waals surface area contributed by atoms with Crippen molar-refractivity contribution in [2.75, 3.05) is 26.9 Å². The summed E-state index contributed by atoms with van der Waals surface area (Å²) in [6.07, 6.45) is 7.36. The zero-order valence-electron chi connectivity index (χ0n) is 22.3. The summed E-state index contributed by atoms with van der Waals surface area (Å²) in [4.78, 5) is 25.7. The lowest BCUT2D eigenvalue weighted by Gasteiger charge is -2.27. The van der Waals surface area contributed by atoms with Crippen LogP contribution in [0.4, 0.5) is 0 Å². The minimum absolute atomic E-state index is 0.0187. The highest BCUT2D eigenvalue weighted by Gasteiger charge is 2.47. The second kappa shape index (κ2) is 8.79. The first-order valence-corrected chi connectivity index (χ1v) is 14.3. The number of hydrogen-bond acceptors (Lipinski definition) is 6. The summed E-state index contributed by atoms with van der Waals surface area (Å²) < 4.78 is 16.4. The molecular weight excluding hydrogens is 492 g/mol. The molecule has 4 aliphatic rings. The number of ether oxygens (including phenoxy) is 2. The number of nitrogens with zero attached hydrogens (tertiary/aromatic N) is 5. The largest absolute Gasteiger partial charge is 0.494 e. The molecule has 202 valence electrons. The van der Waals surface area contributed by atoms with Crippen molar-refractivity contribution in [1.29, 1.82) is 0 Å². The van der Waals surface area contributed by atoms with E-state index in [-0.39, 0.29) is 24.0 Å². The average molecular weight is 527 g/mol. The van der Waals surface area contributed by atoms with E-state index in [1.54, 1.807) is 7.11 Å². The fraction of sp³-hybridized carbons (Fsp3) is 0.500. The summed E-state index contributed by atoms with van der Waals surface area (Å²) in [6, 6.07) is 10.5. The topological polar surface area (TPSA) is 100 Å². The molecule has 2 aliphatic heterocycles. The third-order valence-corrected chi connectivity index (χ3v) is 9.42. The molecule has 8 rings (SSSR count). The Morgan fingerprint density at radius 1 is 1.18 bits per heavy atom. The molecule has 9 nitrogen and oxygen atoms in total. The number of rotatable bonds is 6. The van der Waals surface area contributed by atoms with Crippen LogP contribution in [-0.4, -0.2) is 68.9 Å². The minimum atomic E-state index is 0.0187. The third kappa shape index (κ3) is 3.63. The average Bonchev–Trinajstić information content (AvgIpc) is 3.36. The summed E-state index contributed by atoms with van der Waals surface area (Å²) in [7, 11) is 1.67. The summed E-state index contributed by atoms with van der Waals surface area (Å²) in [5.74, 6) is 2.64. The Labute approximate surface area is 226 Å². The van der Waals surface area contributed by atoms with Crippen LogP contribution in [0.25, 0.3) is 33.6 Å². The lowest BCUT2D eigenvalue weighted by atomic mass is 10.1. The van der Waals surface area contributed by atoms with Crippen LogP contribution < -0.4 is 10.5 Å². The van der Waals surface area contributed by atoms with Crippen LogP contribution >= 0.6 is 0 Å². The highest BCUT2D eigenvalue weighted by atomic mass is 16.5. The van der Waals surface area contributed by atoms with Gasteiger partial charge in [-0.15, -0.1) is 0 Å². The van der Waals surface area contributed by atoms with E-state index in [0.29, 0.717) is 36.4 Å². The van der Waals surface area contributed by atoms with Gasteiger partial charge in [-0.1, -0.05) is 0 Å². The number of amides is 1. The first-order valence-electron chi connectivity index (χ1n) is 14.3. The van der Waals surface area contributed by atoms with Crippen molar-refractivity contribution in [3.63, 3.8) is 0 Å². The summed E-state index contributed by atoms with van der Waals surface area (Å²) in [5.41, 5.74) is 10.8. The zero-order chi connectivity index (χ0) is 26.2. The zero-order valence-corrected chi connectivity index (χ0v) is 22.3. The van der Waals surface area contributed by atoms with Crippen LogP contribution in [0.2, 0.25) is 0 Å². The second-order valence-electron chi connectivity index (χ2n) is 11.8. The highest BCUT2D eigenvalue weighted by Crippen LogP contribution is 2.42. The van der Waals surface area contributed by atoms with Crippen LogP contribution in [-0.2, 0) is 11.3 Å².